The van der Waals surface area contributed by atoms with Gasteiger partial charge in [-0.15, -0.1) is 0 Å². The van der Waals surface area contributed by atoms with Crippen molar-refractivity contribution in [2.45, 2.75) is 57.2 Å². The molecule has 9 heteroatoms. The van der Waals surface area contributed by atoms with Crippen molar-refractivity contribution in [3.8, 4) is 11.3 Å². The lowest BCUT2D eigenvalue weighted by Crippen LogP contribution is -2.52. The van der Waals surface area contributed by atoms with Crippen LogP contribution in [0.1, 0.15) is 37.4 Å². The Hall–Kier alpha value is -1.94. The van der Waals surface area contributed by atoms with Crippen molar-refractivity contribution in [2.24, 2.45) is 0 Å². The minimum Gasteiger partial charge on any atom is -0.381 e. The molecule has 0 spiro atoms. The van der Waals surface area contributed by atoms with Crippen LogP contribution in [-0.4, -0.2) is 61.9 Å². The minimum absolute atomic E-state index is 0.0464. The monoisotopic (exact) mass is 479 g/mol. The number of ether oxygens (including phenoxy) is 1. The lowest BCUT2D eigenvalue weighted by Gasteiger charge is -2.34. The lowest BCUT2D eigenvalue weighted by atomic mass is 9.99. The quantitative estimate of drug-likeness (QED) is 0.681. The molecule has 1 fully saturated rings. The Morgan fingerprint density at radius 1 is 1.18 bits per heavy atom. The van der Waals surface area contributed by atoms with E-state index in [1.165, 1.54) is 0 Å². The normalized spacial score (nSPS) is 24.3. The molecule has 2 bridgehead atoms. The van der Waals surface area contributed by atoms with Crippen LogP contribution in [-0.2, 0) is 27.6 Å². The molecule has 4 rings (SSSR count). The highest BCUT2D eigenvalue weighted by Crippen LogP contribution is 2.35. The Morgan fingerprint density at radius 3 is 2.82 bits per heavy atom. The summed E-state index contributed by atoms with van der Waals surface area (Å²) in [6.07, 6.45) is 1.62. The van der Waals surface area contributed by atoms with Crippen LogP contribution >= 0.6 is 0 Å². The number of fused-ring (bicyclic) bond motifs is 5. The molecule has 0 amide bonds. The van der Waals surface area contributed by atoms with Crippen LogP contribution in [0.2, 0.25) is 0 Å². The van der Waals surface area contributed by atoms with E-state index >= 15 is 8.78 Å². The van der Waals surface area contributed by atoms with E-state index in [0.717, 1.165) is 34.6 Å². The van der Waals surface area contributed by atoms with Crippen molar-refractivity contribution in [1.29, 1.82) is 0 Å². The van der Waals surface area contributed by atoms with Gasteiger partial charge < -0.3 is 4.74 Å². The average molecular weight is 480 g/mol. The Balaban J connectivity index is 1.71. The molecule has 1 aromatic carbocycles. The maximum atomic E-state index is 15.2. The van der Waals surface area contributed by atoms with E-state index in [1.807, 2.05) is 36.4 Å². The number of nitrogens with one attached hydrogen (secondary N) is 1. The summed E-state index contributed by atoms with van der Waals surface area (Å²) in [5, 5.41) is 0. The van der Waals surface area contributed by atoms with Crippen molar-refractivity contribution >= 4 is 10.0 Å². The number of benzene rings is 1. The zero-order chi connectivity index (χ0) is 23.5. The summed E-state index contributed by atoms with van der Waals surface area (Å²) < 4.78 is 63.2. The Kier molecular flexibility index (Phi) is 7.43. The fraction of sp³-hybridized carbons (Fsp3) is 0.542. The number of rotatable bonds is 3. The average Bonchev–Trinajstić information content (AvgIpc) is 3.18. The Morgan fingerprint density at radius 2 is 2.00 bits per heavy atom. The van der Waals surface area contributed by atoms with Gasteiger partial charge in [0, 0.05) is 49.3 Å². The molecule has 180 valence electrons. The number of pyridine rings is 1. The first kappa shape index (κ1) is 24.2. The number of alkyl halides is 2. The number of sulfonamides is 1. The predicted molar refractivity (Wildman–Crippen MR) is 124 cm³/mol. The molecule has 2 aromatic rings. The fourth-order valence-electron chi connectivity index (χ4n) is 4.71. The van der Waals surface area contributed by atoms with Crippen molar-refractivity contribution in [2.75, 3.05) is 25.5 Å². The smallest absolute Gasteiger partial charge is 0.307 e. The Labute approximate surface area is 194 Å². The second-order valence-electron chi connectivity index (χ2n) is 8.68. The topological polar surface area (TPSA) is 71.5 Å². The molecular formula is C24H31F2N3O3S. The first-order valence-corrected chi connectivity index (χ1v) is 13.2. The number of aryl methyl sites for hydroxylation is 1. The van der Waals surface area contributed by atoms with Gasteiger partial charge >= 0.3 is 6.05 Å². The van der Waals surface area contributed by atoms with Crippen molar-refractivity contribution in [3.05, 3.63) is 53.7 Å². The zero-order valence-corrected chi connectivity index (χ0v) is 19.7. The van der Waals surface area contributed by atoms with E-state index in [9.17, 15) is 8.42 Å². The van der Waals surface area contributed by atoms with E-state index in [1.54, 1.807) is 6.92 Å². The van der Waals surface area contributed by atoms with Crippen LogP contribution < -0.4 is 4.72 Å². The van der Waals surface area contributed by atoms with Crippen LogP contribution in [0.15, 0.2) is 42.5 Å². The molecule has 2 atom stereocenters. The summed E-state index contributed by atoms with van der Waals surface area (Å²) >= 11 is 0. The lowest BCUT2D eigenvalue weighted by molar-refractivity contribution is -0.167. The maximum Gasteiger partial charge on any atom is 0.307 e. The number of halogens is 2. The van der Waals surface area contributed by atoms with Crippen molar-refractivity contribution < 1.29 is 21.9 Å². The molecule has 0 radical (unpaired) electrons. The third-order valence-electron chi connectivity index (χ3n) is 6.48. The first-order valence-electron chi connectivity index (χ1n) is 11.6. The molecule has 2 aliphatic heterocycles. The second kappa shape index (κ2) is 10.1. The van der Waals surface area contributed by atoms with Gasteiger partial charge in [0.2, 0.25) is 10.0 Å². The maximum absolute atomic E-state index is 15.2. The molecule has 1 saturated heterocycles. The summed E-state index contributed by atoms with van der Waals surface area (Å²) in [5.74, 6) is -0.0923. The molecule has 3 heterocycles. The SMILES string of the molecule is CCS(=O)(=O)NC1CCN2C1Cc1cccc(n1)-c1ccccc1CCCOCCC2(F)F. The number of hydrogen-bond acceptors (Lipinski definition) is 5. The van der Waals surface area contributed by atoms with E-state index in [0.29, 0.717) is 18.7 Å². The summed E-state index contributed by atoms with van der Waals surface area (Å²) in [6, 6.07) is 9.27. The van der Waals surface area contributed by atoms with Crippen LogP contribution in [0.5, 0.6) is 0 Å². The van der Waals surface area contributed by atoms with E-state index in [2.05, 4.69) is 10.8 Å². The Bertz CT molecular complexity index is 1060. The number of nitrogens with zero attached hydrogens (tertiary/aromatic N) is 2. The number of aromatic nitrogens is 1. The first-order chi connectivity index (χ1) is 15.8. The second-order valence-corrected chi connectivity index (χ2v) is 10.7. The van der Waals surface area contributed by atoms with Crippen molar-refractivity contribution in [3.63, 3.8) is 0 Å². The van der Waals surface area contributed by atoms with E-state index < -0.39 is 34.6 Å². The van der Waals surface area contributed by atoms with Gasteiger partial charge in [-0.3, -0.25) is 4.98 Å². The summed E-state index contributed by atoms with van der Waals surface area (Å²) in [4.78, 5) is 5.94. The van der Waals surface area contributed by atoms with Crippen LogP contribution in [0.25, 0.3) is 11.3 Å². The van der Waals surface area contributed by atoms with E-state index in [4.69, 9.17) is 9.72 Å². The molecule has 1 N–H and O–H groups in total. The summed E-state index contributed by atoms with van der Waals surface area (Å²) in [6.45, 7) is 2.01. The van der Waals surface area contributed by atoms with Gasteiger partial charge in [-0.2, -0.15) is 8.78 Å². The van der Waals surface area contributed by atoms with Gasteiger partial charge in [-0.05, 0) is 43.9 Å². The molecular weight excluding hydrogens is 448 g/mol. The molecule has 6 nitrogen and oxygen atoms in total. The molecule has 0 aliphatic carbocycles. The largest absolute Gasteiger partial charge is 0.381 e. The molecule has 0 saturated carbocycles. The highest BCUT2D eigenvalue weighted by atomic mass is 32.2. The predicted octanol–water partition coefficient (Wildman–Crippen LogP) is 3.62. The van der Waals surface area contributed by atoms with Crippen LogP contribution in [0.3, 0.4) is 0 Å². The summed E-state index contributed by atoms with van der Waals surface area (Å²) in [7, 11) is -3.53. The fourth-order valence-corrected chi connectivity index (χ4v) is 5.62. The van der Waals surface area contributed by atoms with Crippen LogP contribution in [0.4, 0.5) is 8.78 Å². The molecule has 1 aromatic heterocycles. The van der Waals surface area contributed by atoms with Gasteiger partial charge in [0.1, 0.15) is 0 Å². The third kappa shape index (κ3) is 5.77. The van der Waals surface area contributed by atoms with Gasteiger partial charge in [0.15, 0.2) is 0 Å². The zero-order valence-electron chi connectivity index (χ0n) is 18.8. The van der Waals surface area contributed by atoms with Gasteiger partial charge in [0.05, 0.1) is 18.1 Å². The molecule has 2 unspecified atom stereocenters. The number of hydrogen-bond donors (Lipinski definition) is 1. The molecule has 2 aliphatic rings. The van der Waals surface area contributed by atoms with Gasteiger partial charge in [-0.1, -0.05) is 30.3 Å². The van der Waals surface area contributed by atoms with Crippen molar-refractivity contribution in [1.82, 2.24) is 14.6 Å². The highest BCUT2D eigenvalue weighted by molar-refractivity contribution is 7.89. The van der Waals surface area contributed by atoms with Gasteiger partial charge in [0.25, 0.3) is 0 Å². The van der Waals surface area contributed by atoms with E-state index in [-0.39, 0.29) is 25.3 Å². The third-order valence-corrected chi connectivity index (χ3v) is 7.90. The highest BCUT2D eigenvalue weighted by Gasteiger charge is 2.48. The van der Waals surface area contributed by atoms with Gasteiger partial charge in [-0.25, -0.2) is 18.0 Å². The molecule has 33 heavy (non-hydrogen) atoms. The standard InChI is InChI=1S/C24H31F2N3O3S/c1-2-33(30,31)28-22-12-14-29-23(22)17-19-9-5-11-21(27-19)20-10-4-3-7-18(20)8-6-15-32-16-13-24(29,25)26/h3-5,7,9-11,22-23,28H,2,6,8,12-17H2,1H3. The minimum atomic E-state index is -3.53. The summed E-state index contributed by atoms with van der Waals surface area (Å²) in [5.41, 5.74) is 3.62. The van der Waals surface area contributed by atoms with Crippen LogP contribution in [0, 0.1) is 0 Å².